The second-order valence-corrected chi connectivity index (χ2v) is 6.59. The lowest BCUT2D eigenvalue weighted by atomic mass is 10.0. The van der Waals surface area contributed by atoms with E-state index in [1.165, 1.54) is 39.3 Å². The quantitative estimate of drug-likeness (QED) is 0.299. The summed E-state index contributed by atoms with van der Waals surface area (Å²) in [6.45, 7) is 1.48. The number of hydrogen-bond donors (Lipinski definition) is 1. The van der Waals surface area contributed by atoms with Crippen molar-refractivity contribution in [1.82, 2.24) is 13.1 Å². The third kappa shape index (κ3) is 4.71. The van der Waals surface area contributed by atoms with Crippen LogP contribution in [0.2, 0.25) is 0 Å². The molecule has 148 valence electrons. The highest BCUT2D eigenvalue weighted by Gasteiger charge is 2.24. The van der Waals surface area contributed by atoms with E-state index in [9.17, 15) is 18.4 Å². The van der Waals surface area contributed by atoms with Crippen LogP contribution in [0.3, 0.4) is 0 Å². The molecule has 2 aromatic rings. The lowest BCUT2D eigenvalue weighted by Gasteiger charge is -2.17. The fourth-order valence-corrected chi connectivity index (χ4v) is 2.49. The number of pyridine rings is 1. The highest BCUT2D eigenvalue weighted by Crippen LogP contribution is 2.36. The molecule has 0 aliphatic heterocycles. The van der Waals surface area contributed by atoms with Crippen LogP contribution in [0.4, 0.5) is 18.4 Å². The van der Waals surface area contributed by atoms with Crippen molar-refractivity contribution in [2.45, 2.75) is 6.92 Å². The lowest BCUT2D eigenvalue weighted by Crippen LogP contribution is -2.27. The standard InChI is InChI=1S/C17H16F2IN5O3/c1-9(23-25(20)16(21)26)14-15(28-17(27)24(2)3)10(7-8-22-14)13-11(18)5-4-6-12(13)19/h4-8H,1-3H3,(H2,21,26). The van der Waals surface area contributed by atoms with Gasteiger partial charge in [-0.25, -0.2) is 18.4 Å². The Bertz CT molecular complexity index is 932. The first-order chi connectivity index (χ1) is 13.1. The monoisotopic (exact) mass is 503 g/mol. The molecule has 0 aliphatic rings. The smallest absolute Gasteiger partial charge is 0.407 e. The second-order valence-electron chi connectivity index (χ2n) is 5.68. The number of hydrazone groups is 1. The Kier molecular flexibility index (Phi) is 6.83. The molecule has 1 heterocycles. The van der Waals surface area contributed by atoms with Gasteiger partial charge < -0.3 is 15.4 Å². The number of halogens is 3. The van der Waals surface area contributed by atoms with E-state index in [0.29, 0.717) is 0 Å². The maximum atomic E-state index is 14.3. The molecule has 2 N–H and O–H groups in total. The first kappa shape index (κ1) is 21.5. The van der Waals surface area contributed by atoms with Crippen LogP contribution in [0.1, 0.15) is 12.6 Å². The van der Waals surface area contributed by atoms with E-state index in [2.05, 4.69) is 10.1 Å². The predicted molar refractivity (Wildman–Crippen MR) is 107 cm³/mol. The number of benzene rings is 1. The molecule has 28 heavy (non-hydrogen) atoms. The molecule has 0 saturated carbocycles. The first-order valence-electron chi connectivity index (χ1n) is 7.77. The predicted octanol–water partition coefficient (Wildman–Crippen LogP) is 3.54. The van der Waals surface area contributed by atoms with Gasteiger partial charge in [-0.05, 0) is 25.1 Å². The van der Waals surface area contributed by atoms with Crippen molar-refractivity contribution in [2.24, 2.45) is 10.8 Å². The van der Waals surface area contributed by atoms with E-state index in [0.717, 1.165) is 20.3 Å². The Morgan fingerprint density at radius 2 is 1.82 bits per heavy atom. The molecule has 0 spiro atoms. The molecule has 0 unspecified atom stereocenters. The topological polar surface area (TPSA) is 101 Å². The van der Waals surface area contributed by atoms with Gasteiger partial charge in [-0.2, -0.15) is 8.32 Å². The van der Waals surface area contributed by atoms with Gasteiger partial charge in [0.25, 0.3) is 0 Å². The molecule has 2 rings (SSSR count). The Labute approximate surface area is 173 Å². The molecule has 0 bridgehead atoms. The van der Waals surface area contributed by atoms with Crippen LogP contribution in [0, 0.1) is 11.6 Å². The molecule has 0 atom stereocenters. The zero-order chi connectivity index (χ0) is 21.0. The Morgan fingerprint density at radius 3 is 2.36 bits per heavy atom. The molecular formula is C17H16F2IN5O3. The van der Waals surface area contributed by atoms with Crippen LogP contribution < -0.4 is 10.5 Å². The summed E-state index contributed by atoms with van der Waals surface area (Å²) in [5.41, 5.74) is 4.86. The van der Waals surface area contributed by atoms with Gasteiger partial charge in [-0.1, -0.05) is 6.07 Å². The van der Waals surface area contributed by atoms with Gasteiger partial charge in [0.1, 0.15) is 17.3 Å². The van der Waals surface area contributed by atoms with Gasteiger partial charge in [-0.3, -0.25) is 4.98 Å². The van der Waals surface area contributed by atoms with Crippen LogP contribution in [0.15, 0.2) is 35.6 Å². The van der Waals surface area contributed by atoms with Crippen LogP contribution in [0.5, 0.6) is 5.75 Å². The summed E-state index contributed by atoms with van der Waals surface area (Å²) >= 11 is 1.56. The van der Waals surface area contributed by atoms with Gasteiger partial charge in [0, 0.05) is 25.9 Å². The number of rotatable bonds is 4. The van der Waals surface area contributed by atoms with Crippen LogP contribution in [-0.2, 0) is 0 Å². The largest absolute Gasteiger partial charge is 0.414 e. The van der Waals surface area contributed by atoms with Crippen LogP contribution in [-0.4, -0.2) is 45.0 Å². The number of ether oxygens (including phenoxy) is 1. The summed E-state index contributed by atoms with van der Waals surface area (Å²) in [5, 5.41) is 3.95. The third-order valence-electron chi connectivity index (χ3n) is 3.45. The summed E-state index contributed by atoms with van der Waals surface area (Å²) < 4.78 is 34.9. The van der Waals surface area contributed by atoms with Gasteiger partial charge >= 0.3 is 12.1 Å². The van der Waals surface area contributed by atoms with Crippen molar-refractivity contribution >= 4 is 40.7 Å². The number of carbonyl (C=O) groups is 2. The zero-order valence-electron chi connectivity index (χ0n) is 15.1. The number of primary amides is 1. The van der Waals surface area contributed by atoms with Crippen molar-refractivity contribution in [3.63, 3.8) is 0 Å². The highest BCUT2D eigenvalue weighted by atomic mass is 127. The number of carbonyl (C=O) groups excluding carboxylic acids is 2. The fourth-order valence-electron chi connectivity index (χ4n) is 2.17. The normalized spacial score (nSPS) is 11.1. The number of aromatic nitrogens is 1. The van der Waals surface area contributed by atoms with Crippen molar-refractivity contribution in [1.29, 1.82) is 0 Å². The molecule has 0 aliphatic carbocycles. The SMILES string of the molecule is CC(=NN(I)C(N)=O)c1nccc(-c2c(F)cccc2F)c1OC(=O)N(C)C. The van der Waals surface area contributed by atoms with Crippen LogP contribution in [0.25, 0.3) is 11.1 Å². The van der Waals surface area contributed by atoms with Crippen LogP contribution >= 0.6 is 22.9 Å². The minimum Gasteiger partial charge on any atom is -0.407 e. The molecule has 1 aromatic carbocycles. The van der Waals surface area contributed by atoms with Gasteiger partial charge in [-0.15, -0.1) is 0 Å². The average Bonchev–Trinajstić information content (AvgIpc) is 2.62. The van der Waals surface area contributed by atoms with Crippen molar-refractivity contribution in [3.8, 4) is 16.9 Å². The van der Waals surface area contributed by atoms with Crippen molar-refractivity contribution in [2.75, 3.05) is 14.1 Å². The number of urea groups is 1. The highest BCUT2D eigenvalue weighted by molar-refractivity contribution is 14.1. The number of hydrogen-bond acceptors (Lipinski definition) is 5. The molecule has 0 radical (unpaired) electrons. The summed E-state index contributed by atoms with van der Waals surface area (Å²) in [7, 11) is 2.89. The maximum Gasteiger partial charge on any atom is 0.414 e. The fraction of sp³-hybridized carbons (Fsp3) is 0.176. The molecule has 0 fully saturated rings. The van der Waals surface area contributed by atoms with E-state index in [-0.39, 0.29) is 28.3 Å². The summed E-state index contributed by atoms with van der Waals surface area (Å²) in [6.07, 6.45) is 0.492. The number of nitrogens with zero attached hydrogens (tertiary/aromatic N) is 4. The second kappa shape index (κ2) is 8.91. The van der Waals surface area contributed by atoms with Crippen molar-refractivity contribution in [3.05, 3.63) is 47.8 Å². The van der Waals surface area contributed by atoms with Gasteiger partial charge in [0.05, 0.1) is 34.1 Å². The van der Waals surface area contributed by atoms with Gasteiger partial charge in [0.2, 0.25) is 0 Å². The summed E-state index contributed by atoms with van der Waals surface area (Å²) in [4.78, 5) is 28.6. The molecule has 0 saturated heterocycles. The lowest BCUT2D eigenvalue weighted by molar-refractivity contribution is 0.172. The molecule has 8 nitrogen and oxygen atoms in total. The number of amides is 3. The molecular weight excluding hydrogens is 487 g/mol. The Balaban J connectivity index is 2.73. The van der Waals surface area contributed by atoms with E-state index in [4.69, 9.17) is 10.5 Å². The van der Waals surface area contributed by atoms with E-state index < -0.39 is 23.8 Å². The summed E-state index contributed by atoms with van der Waals surface area (Å²) in [6, 6.07) is 3.85. The Hall–Kier alpha value is -2.83. The van der Waals surface area contributed by atoms with E-state index >= 15 is 0 Å². The minimum atomic E-state index is -0.846. The maximum absolute atomic E-state index is 14.3. The van der Waals surface area contributed by atoms with Gasteiger partial charge in [0.15, 0.2) is 5.75 Å². The van der Waals surface area contributed by atoms with E-state index in [1.54, 1.807) is 22.9 Å². The average molecular weight is 503 g/mol. The zero-order valence-corrected chi connectivity index (χ0v) is 17.3. The molecule has 3 amide bonds. The first-order valence-corrected chi connectivity index (χ1v) is 8.73. The van der Waals surface area contributed by atoms with Crippen molar-refractivity contribution < 1.29 is 23.1 Å². The third-order valence-corrected chi connectivity index (χ3v) is 4.14. The Morgan fingerprint density at radius 1 is 1.21 bits per heavy atom. The molecule has 11 heteroatoms. The molecule has 1 aromatic heterocycles. The summed E-state index contributed by atoms with van der Waals surface area (Å²) in [5.74, 6) is -1.90. The minimum absolute atomic E-state index is 0.0123. The number of nitrogens with two attached hydrogens (primary N) is 1. The van der Waals surface area contributed by atoms with E-state index in [1.807, 2.05) is 0 Å².